The van der Waals surface area contributed by atoms with E-state index in [0.29, 0.717) is 0 Å². The Morgan fingerprint density at radius 3 is 1.08 bits per heavy atom. The molecule has 0 aliphatic rings. The second-order valence-corrected chi connectivity index (χ2v) is 11.8. The van der Waals surface area contributed by atoms with Crippen LogP contribution in [0.15, 0.2) is 97.6 Å². The van der Waals surface area contributed by atoms with Crippen molar-refractivity contribution < 1.29 is 0 Å². The summed E-state index contributed by atoms with van der Waals surface area (Å²) in [5.74, 6) is 0. The summed E-state index contributed by atoms with van der Waals surface area (Å²) < 4.78 is 0. The Kier molecular flexibility index (Phi) is 6.66. The second kappa shape index (κ2) is 9.94. The summed E-state index contributed by atoms with van der Waals surface area (Å²) >= 11 is 0. The van der Waals surface area contributed by atoms with Crippen LogP contribution in [0.25, 0.3) is 45.0 Å². The van der Waals surface area contributed by atoms with Crippen LogP contribution in [0.3, 0.4) is 0 Å². The van der Waals surface area contributed by atoms with Gasteiger partial charge in [-0.2, -0.15) is 0 Å². The molecule has 5 aromatic rings. The molecule has 0 bridgehead atoms. The van der Waals surface area contributed by atoms with Gasteiger partial charge in [-0.25, -0.2) is 9.97 Å². The molecule has 0 spiro atoms. The number of benzene rings is 2. The highest BCUT2D eigenvalue weighted by molar-refractivity contribution is 5.70. The monoisotopic (exact) mass is 498 g/mol. The zero-order valence-electron chi connectivity index (χ0n) is 23.0. The molecule has 3 heterocycles. The summed E-state index contributed by atoms with van der Waals surface area (Å²) in [4.78, 5) is 18.4. The average Bonchev–Trinajstić information content (AvgIpc) is 2.92. The molecule has 0 aliphatic carbocycles. The van der Waals surface area contributed by atoms with E-state index in [0.717, 1.165) is 45.0 Å². The van der Waals surface area contributed by atoms with Gasteiger partial charge in [0, 0.05) is 34.6 Å². The quantitative estimate of drug-likeness (QED) is 0.249. The van der Waals surface area contributed by atoms with Crippen LogP contribution in [0.2, 0.25) is 0 Å². The van der Waals surface area contributed by atoms with E-state index < -0.39 is 0 Å². The summed E-state index contributed by atoms with van der Waals surface area (Å²) in [6.45, 7) is 13.3. The molecule has 0 atom stereocenters. The maximum absolute atomic E-state index is 4.71. The predicted octanol–water partition coefficient (Wildman–Crippen LogP) is 8.53. The smallest absolute Gasteiger partial charge is 0.116 e. The van der Waals surface area contributed by atoms with E-state index in [1.54, 1.807) is 6.33 Å². The number of pyridine rings is 2. The number of nitrogens with zero attached hydrogens (tertiary/aromatic N) is 4. The maximum Gasteiger partial charge on any atom is 0.116 e. The highest BCUT2D eigenvalue weighted by Crippen LogP contribution is 2.29. The van der Waals surface area contributed by atoms with Crippen molar-refractivity contribution in [2.75, 3.05) is 0 Å². The fraction of sp³-hybridized carbons (Fsp3) is 0.235. The third-order valence-electron chi connectivity index (χ3n) is 6.88. The average molecular weight is 499 g/mol. The Morgan fingerprint density at radius 1 is 0.395 bits per heavy atom. The van der Waals surface area contributed by atoms with E-state index in [4.69, 9.17) is 9.97 Å². The Morgan fingerprint density at radius 2 is 0.763 bits per heavy atom. The van der Waals surface area contributed by atoms with Gasteiger partial charge < -0.3 is 0 Å². The van der Waals surface area contributed by atoms with Crippen molar-refractivity contribution >= 4 is 0 Å². The summed E-state index contributed by atoms with van der Waals surface area (Å²) in [5.41, 5.74) is 10.6. The van der Waals surface area contributed by atoms with E-state index in [1.807, 2.05) is 30.6 Å². The van der Waals surface area contributed by atoms with Gasteiger partial charge in [-0.15, -0.1) is 0 Å². The Balaban J connectivity index is 1.34. The fourth-order valence-electron chi connectivity index (χ4n) is 4.39. The van der Waals surface area contributed by atoms with E-state index in [1.165, 1.54) is 11.1 Å². The number of aromatic nitrogens is 4. The first kappa shape index (κ1) is 25.5. The van der Waals surface area contributed by atoms with Crippen molar-refractivity contribution in [1.82, 2.24) is 19.9 Å². The van der Waals surface area contributed by atoms with Crippen LogP contribution < -0.4 is 0 Å². The van der Waals surface area contributed by atoms with Crippen LogP contribution in [0.1, 0.15) is 52.7 Å². The minimum absolute atomic E-state index is 0.133. The topological polar surface area (TPSA) is 51.6 Å². The SMILES string of the molecule is CC(C)(C)c1ccc(-c2ccc(-c3cc(-c4ccc(-c5ccc(C(C)(C)C)cc5)nc4)ncn3)cn2)cc1. The summed E-state index contributed by atoms with van der Waals surface area (Å²) in [5, 5.41) is 0. The highest BCUT2D eigenvalue weighted by Gasteiger charge is 2.15. The van der Waals surface area contributed by atoms with E-state index in [2.05, 4.69) is 112 Å². The standard InChI is InChI=1S/C34H34N4/c1-33(2,3)27-13-7-23(8-14-27)29-17-11-25(20-35-29)31-19-32(38-22-37-31)26-12-18-30(36-21-26)24-9-15-28(16-10-24)34(4,5)6/h7-22H,1-6H3. The van der Waals surface area contributed by atoms with Crippen molar-refractivity contribution in [3.8, 4) is 45.0 Å². The van der Waals surface area contributed by atoms with Gasteiger partial charge in [0.1, 0.15) is 6.33 Å². The highest BCUT2D eigenvalue weighted by atomic mass is 14.8. The summed E-state index contributed by atoms with van der Waals surface area (Å²) in [6.07, 6.45) is 5.35. The molecule has 0 aliphatic heterocycles. The van der Waals surface area contributed by atoms with Crippen molar-refractivity contribution in [3.63, 3.8) is 0 Å². The Labute approximate surface area is 225 Å². The lowest BCUT2D eigenvalue weighted by molar-refractivity contribution is 0.590. The van der Waals surface area contributed by atoms with Crippen molar-refractivity contribution in [3.05, 3.63) is 109 Å². The zero-order chi connectivity index (χ0) is 26.9. The predicted molar refractivity (Wildman–Crippen MR) is 157 cm³/mol. The Bertz CT molecular complexity index is 1400. The van der Waals surface area contributed by atoms with Crippen LogP contribution in [-0.2, 0) is 10.8 Å². The van der Waals surface area contributed by atoms with E-state index in [9.17, 15) is 0 Å². The first-order valence-corrected chi connectivity index (χ1v) is 13.0. The van der Waals surface area contributed by atoms with Crippen LogP contribution in [0.4, 0.5) is 0 Å². The third-order valence-corrected chi connectivity index (χ3v) is 6.88. The maximum atomic E-state index is 4.71. The molecule has 0 saturated carbocycles. The molecule has 4 nitrogen and oxygen atoms in total. The number of hydrogen-bond donors (Lipinski definition) is 0. The molecule has 5 rings (SSSR count). The first-order chi connectivity index (χ1) is 18.1. The molecule has 4 heteroatoms. The molecule has 0 unspecified atom stereocenters. The van der Waals surface area contributed by atoms with Gasteiger partial charge in [0.25, 0.3) is 0 Å². The normalized spacial score (nSPS) is 11.9. The first-order valence-electron chi connectivity index (χ1n) is 13.0. The number of rotatable bonds is 4. The van der Waals surface area contributed by atoms with Crippen molar-refractivity contribution in [2.24, 2.45) is 0 Å². The lowest BCUT2D eigenvalue weighted by Crippen LogP contribution is -2.10. The molecule has 3 aromatic heterocycles. The van der Waals surface area contributed by atoms with Gasteiger partial charge in [0.15, 0.2) is 0 Å². The fourth-order valence-corrected chi connectivity index (χ4v) is 4.39. The molecule has 0 radical (unpaired) electrons. The zero-order valence-corrected chi connectivity index (χ0v) is 23.0. The van der Waals surface area contributed by atoms with Crippen molar-refractivity contribution in [1.29, 1.82) is 0 Å². The van der Waals surface area contributed by atoms with E-state index >= 15 is 0 Å². The van der Waals surface area contributed by atoms with Gasteiger partial charge in [-0.05, 0) is 52.3 Å². The van der Waals surface area contributed by atoms with Gasteiger partial charge in [0.05, 0.1) is 22.8 Å². The van der Waals surface area contributed by atoms with Crippen molar-refractivity contribution in [2.45, 2.75) is 52.4 Å². The van der Waals surface area contributed by atoms with Crippen LogP contribution in [0.5, 0.6) is 0 Å². The van der Waals surface area contributed by atoms with Gasteiger partial charge in [-0.1, -0.05) is 90.1 Å². The second-order valence-electron chi connectivity index (χ2n) is 11.8. The lowest BCUT2D eigenvalue weighted by atomic mass is 9.86. The van der Waals surface area contributed by atoms with E-state index in [-0.39, 0.29) is 10.8 Å². The Hall–Kier alpha value is -4.18. The van der Waals surface area contributed by atoms with Gasteiger partial charge >= 0.3 is 0 Å². The molecule has 38 heavy (non-hydrogen) atoms. The molecule has 0 N–H and O–H groups in total. The minimum Gasteiger partial charge on any atom is -0.256 e. The van der Waals surface area contributed by atoms with Crippen LogP contribution >= 0.6 is 0 Å². The van der Waals surface area contributed by atoms with Crippen LogP contribution in [0, 0.1) is 0 Å². The molecule has 190 valence electrons. The molecule has 0 amide bonds. The van der Waals surface area contributed by atoms with Gasteiger partial charge in [-0.3, -0.25) is 9.97 Å². The lowest BCUT2D eigenvalue weighted by Gasteiger charge is -2.19. The molecule has 2 aromatic carbocycles. The van der Waals surface area contributed by atoms with Gasteiger partial charge in [0.2, 0.25) is 0 Å². The third kappa shape index (κ3) is 5.55. The number of hydrogen-bond acceptors (Lipinski definition) is 4. The largest absolute Gasteiger partial charge is 0.256 e. The van der Waals surface area contributed by atoms with Crippen LogP contribution in [-0.4, -0.2) is 19.9 Å². The molecular weight excluding hydrogens is 464 g/mol. The molecular formula is C34H34N4. The molecule has 0 fully saturated rings. The summed E-state index contributed by atoms with van der Waals surface area (Å²) in [7, 11) is 0. The molecule has 0 saturated heterocycles. The summed E-state index contributed by atoms with van der Waals surface area (Å²) in [6, 6.07) is 27.5. The minimum atomic E-state index is 0.133.